The van der Waals surface area contributed by atoms with Crippen molar-refractivity contribution >= 4 is 11.7 Å². The fourth-order valence-electron chi connectivity index (χ4n) is 3.41. The van der Waals surface area contributed by atoms with Gasteiger partial charge in [-0.05, 0) is 44.4 Å². The summed E-state index contributed by atoms with van der Waals surface area (Å²) in [5.41, 5.74) is 0.507. The lowest BCUT2D eigenvalue weighted by atomic mass is 10.1. The van der Waals surface area contributed by atoms with E-state index >= 15 is 0 Å². The van der Waals surface area contributed by atoms with Crippen LogP contribution in [0, 0.1) is 0 Å². The van der Waals surface area contributed by atoms with Gasteiger partial charge < -0.3 is 10.6 Å². The summed E-state index contributed by atoms with van der Waals surface area (Å²) in [5.74, 6) is 0.729. The molecule has 1 aromatic rings. The topological polar surface area (TPSA) is 57.3 Å². The third-order valence-corrected chi connectivity index (χ3v) is 4.46. The number of rotatable bonds is 5. The van der Waals surface area contributed by atoms with Gasteiger partial charge in [-0.3, -0.25) is 9.69 Å². The summed E-state index contributed by atoms with van der Waals surface area (Å²) in [6, 6.07) is 6.40. The predicted molar refractivity (Wildman–Crippen MR) is 83.5 cm³/mol. The minimum Gasteiger partial charge on any atom is -0.370 e. The molecule has 0 saturated carbocycles. The van der Waals surface area contributed by atoms with Crippen LogP contribution in [0.3, 0.4) is 0 Å². The van der Waals surface area contributed by atoms with Crippen molar-refractivity contribution in [1.29, 1.82) is 0 Å². The van der Waals surface area contributed by atoms with Gasteiger partial charge in [0.15, 0.2) is 0 Å². The molecule has 2 fully saturated rings. The van der Waals surface area contributed by atoms with Crippen LogP contribution in [0.1, 0.15) is 43.1 Å². The van der Waals surface area contributed by atoms with Crippen molar-refractivity contribution in [2.24, 2.45) is 0 Å². The van der Waals surface area contributed by atoms with E-state index in [1.54, 1.807) is 6.07 Å². The van der Waals surface area contributed by atoms with Crippen molar-refractivity contribution in [2.75, 3.05) is 25.0 Å². The van der Waals surface area contributed by atoms with Gasteiger partial charge in [0.25, 0.3) is 5.91 Å². The Morgan fingerprint density at radius 3 is 3.14 bits per heavy atom. The molecule has 3 rings (SSSR count). The number of nitrogens with zero attached hydrogens (tertiary/aromatic N) is 2. The molecule has 2 aliphatic heterocycles. The highest BCUT2D eigenvalue weighted by atomic mass is 16.2. The summed E-state index contributed by atoms with van der Waals surface area (Å²) in [4.78, 5) is 19.3. The fraction of sp³-hybridized carbons (Fsp3) is 0.625. The van der Waals surface area contributed by atoms with Crippen molar-refractivity contribution in [3.63, 3.8) is 0 Å². The van der Waals surface area contributed by atoms with E-state index in [9.17, 15) is 4.79 Å². The van der Waals surface area contributed by atoms with Crippen LogP contribution in [-0.2, 0) is 0 Å². The van der Waals surface area contributed by atoms with Crippen LogP contribution in [-0.4, -0.2) is 47.5 Å². The second-order valence-electron chi connectivity index (χ2n) is 5.95. The van der Waals surface area contributed by atoms with Crippen molar-refractivity contribution in [2.45, 2.75) is 44.7 Å². The Labute approximate surface area is 126 Å². The van der Waals surface area contributed by atoms with Gasteiger partial charge in [-0.15, -0.1) is 0 Å². The highest BCUT2D eigenvalue weighted by molar-refractivity contribution is 5.92. The number of anilines is 1. The molecule has 2 saturated heterocycles. The second kappa shape index (κ2) is 6.43. The van der Waals surface area contributed by atoms with Crippen molar-refractivity contribution in [3.05, 3.63) is 23.9 Å². The van der Waals surface area contributed by atoms with E-state index in [-0.39, 0.29) is 11.9 Å². The number of nitrogens with one attached hydrogen (secondary N) is 2. The van der Waals surface area contributed by atoms with Crippen LogP contribution in [0.5, 0.6) is 0 Å². The molecular formula is C16H24N4O. The molecule has 2 unspecified atom stereocenters. The minimum absolute atomic E-state index is 0.0473. The van der Waals surface area contributed by atoms with E-state index in [1.165, 1.54) is 19.4 Å². The predicted octanol–water partition coefficient (Wildman–Crippen LogP) is 1.87. The lowest BCUT2D eigenvalue weighted by Gasteiger charge is -2.21. The largest absolute Gasteiger partial charge is 0.370 e. The Morgan fingerprint density at radius 1 is 1.38 bits per heavy atom. The van der Waals surface area contributed by atoms with Gasteiger partial charge in [0.1, 0.15) is 11.5 Å². The summed E-state index contributed by atoms with van der Waals surface area (Å²) >= 11 is 0. The van der Waals surface area contributed by atoms with E-state index in [0.29, 0.717) is 11.7 Å². The number of aromatic nitrogens is 1. The summed E-state index contributed by atoms with van der Waals surface area (Å²) < 4.78 is 0. The van der Waals surface area contributed by atoms with Crippen molar-refractivity contribution in [3.8, 4) is 0 Å². The highest BCUT2D eigenvalue weighted by Gasteiger charge is 2.37. The van der Waals surface area contributed by atoms with Gasteiger partial charge >= 0.3 is 0 Å². The van der Waals surface area contributed by atoms with Crippen LogP contribution in [0.15, 0.2) is 18.2 Å². The molecule has 0 aromatic carbocycles. The number of hydrogen-bond acceptors (Lipinski definition) is 4. The van der Waals surface area contributed by atoms with Crippen molar-refractivity contribution < 1.29 is 4.79 Å². The number of amides is 1. The molecule has 0 radical (unpaired) electrons. The normalized spacial score (nSPS) is 24.8. The molecule has 0 spiro atoms. The molecule has 0 bridgehead atoms. The molecule has 0 aliphatic carbocycles. The first kappa shape index (κ1) is 14.3. The third kappa shape index (κ3) is 3.18. The zero-order valence-corrected chi connectivity index (χ0v) is 12.6. The smallest absolute Gasteiger partial charge is 0.270 e. The van der Waals surface area contributed by atoms with Gasteiger partial charge in [-0.2, -0.15) is 0 Å². The maximum absolute atomic E-state index is 12.4. The van der Waals surface area contributed by atoms with Crippen molar-refractivity contribution in [1.82, 2.24) is 15.2 Å². The summed E-state index contributed by atoms with van der Waals surface area (Å²) in [5, 5.41) is 6.40. The first-order chi connectivity index (χ1) is 10.3. The molecule has 2 atom stereocenters. The Bertz CT molecular complexity index is 505. The second-order valence-corrected chi connectivity index (χ2v) is 5.95. The molecule has 21 heavy (non-hydrogen) atoms. The molecule has 2 N–H and O–H groups in total. The first-order valence-corrected chi connectivity index (χ1v) is 8.04. The molecule has 3 heterocycles. The molecule has 5 nitrogen and oxygen atoms in total. The Balaban J connectivity index is 1.62. The molecular weight excluding hydrogens is 264 g/mol. The highest BCUT2D eigenvalue weighted by Crippen LogP contribution is 2.28. The molecule has 1 aromatic heterocycles. The average molecular weight is 288 g/mol. The van der Waals surface area contributed by atoms with E-state index in [1.807, 2.05) is 12.1 Å². The quantitative estimate of drug-likeness (QED) is 0.868. The minimum atomic E-state index is -0.0473. The first-order valence-electron chi connectivity index (χ1n) is 8.04. The number of hydrogen-bond donors (Lipinski definition) is 2. The number of carbonyl (C=O) groups excluding carboxylic acids is 1. The van der Waals surface area contributed by atoms with Gasteiger partial charge in [0.2, 0.25) is 0 Å². The van der Waals surface area contributed by atoms with Gasteiger partial charge in [0.05, 0.1) is 0 Å². The fourth-order valence-corrected chi connectivity index (χ4v) is 3.41. The SMILES string of the molecule is CCCNc1cccc(C(=O)NC2CCN3CCCC23)n1. The Hall–Kier alpha value is -1.62. The third-order valence-electron chi connectivity index (χ3n) is 4.46. The molecule has 114 valence electrons. The Kier molecular flexibility index (Phi) is 4.39. The monoisotopic (exact) mass is 288 g/mol. The lowest BCUT2D eigenvalue weighted by molar-refractivity contribution is 0.0924. The van der Waals surface area contributed by atoms with E-state index < -0.39 is 0 Å². The number of fused-ring (bicyclic) bond motifs is 1. The lowest BCUT2D eigenvalue weighted by Crippen LogP contribution is -2.42. The van der Waals surface area contributed by atoms with E-state index in [2.05, 4.69) is 27.4 Å². The summed E-state index contributed by atoms with van der Waals surface area (Å²) in [6.07, 6.45) is 4.56. The van der Waals surface area contributed by atoms with Crippen LogP contribution in [0.4, 0.5) is 5.82 Å². The zero-order chi connectivity index (χ0) is 14.7. The standard InChI is InChI=1S/C16H24N4O/c1-2-9-17-15-7-3-5-13(18-15)16(21)19-12-8-11-20-10-4-6-14(12)20/h3,5,7,12,14H,2,4,6,8-11H2,1H3,(H,17,18)(H,19,21). The van der Waals surface area contributed by atoms with Crippen LogP contribution in [0.25, 0.3) is 0 Å². The van der Waals surface area contributed by atoms with Gasteiger partial charge in [0, 0.05) is 25.2 Å². The van der Waals surface area contributed by atoms with Gasteiger partial charge in [-0.1, -0.05) is 13.0 Å². The van der Waals surface area contributed by atoms with E-state index in [4.69, 9.17) is 0 Å². The van der Waals surface area contributed by atoms with Crippen LogP contribution in [0.2, 0.25) is 0 Å². The van der Waals surface area contributed by atoms with Crippen LogP contribution >= 0.6 is 0 Å². The zero-order valence-electron chi connectivity index (χ0n) is 12.6. The number of pyridine rings is 1. The maximum atomic E-state index is 12.4. The summed E-state index contributed by atoms with van der Waals surface area (Å²) in [6.45, 7) is 5.28. The van der Waals surface area contributed by atoms with E-state index in [0.717, 1.165) is 31.7 Å². The maximum Gasteiger partial charge on any atom is 0.270 e. The number of carbonyl (C=O) groups is 1. The molecule has 2 aliphatic rings. The molecule has 5 heteroatoms. The average Bonchev–Trinajstić information content (AvgIpc) is 3.10. The summed E-state index contributed by atoms with van der Waals surface area (Å²) in [7, 11) is 0. The van der Waals surface area contributed by atoms with Crippen LogP contribution < -0.4 is 10.6 Å². The van der Waals surface area contributed by atoms with Gasteiger partial charge in [-0.25, -0.2) is 4.98 Å². The Morgan fingerprint density at radius 2 is 2.29 bits per heavy atom. The molecule has 1 amide bonds.